The van der Waals surface area contributed by atoms with Crippen molar-refractivity contribution in [1.29, 1.82) is 0 Å². The number of aliphatic hydroxyl groups is 1. The lowest BCUT2D eigenvalue weighted by Gasteiger charge is -2.41. The van der Waals surface area contributed by atoms with Gasteiger partial charge in [0.15, 0.2) is 0 Å². The van der Waals surface area contributed by atoms with Crippen LogP contribution in [-0.2, 0) is 33.4 Å². The molecular weight excluding hydrogens is 778 g/mol. The fraction of sp³-hybridized carbons (Fsp3) is 0.512. The molecule has 3 aliphatic rings. The van der Waals surface area contributed by atoms with Crippen LogP contribution in [0.25, 0.3) is 0 Å². The summed E-state index contributed by atoms with van der Waals surface area (Å²) in [7, 11) is 1.49. The number of amides is 3. The molecule has 292 valence electrons. The minimum atomic E-state index is -1.45. The van der Waals surface area contributed by atoms with Crippen molar-refractivity contribution in [3.8, 4) is 0 Å². The molecule has 3 saturated heterocycles. The fourth-order valence-electron chi connectivity index (χ4n) is 8.45. The first kappa shape index (κ1) is 41.6. The number of hydrogen-bond donors (Lipinski definition) is 2. The van der Waals surface area contributed by atoms with Crippen LogP contribution >= 0.6 is 27.5 Å². The number of nitrogens with one attached hydrogen (secondary N) is 1. The maximum absolute atomic E-state index is 15.2. The average Bonchev–Trinajstić information content (AvgIpc) is 3.75. The number of aliphatic hydroxyl groups excluding tert-OH is 1. The zero-order valence-electron chi connectivity index (χ0n) is 31.3. The molecule has 0 aliphatic carbocycles. The predicted octanol–water partition coefficient (Wildman–Crippen LogP) is 5.70. The summed E-state index contributed by atoms with van der Waals surface area (Å²) in [6, 6.07) is 11.6. The van der Waals surface area contributed by atoms with Crippen LogP contribution < -0.4 is 10.2 Å². The Labute approximate surface area is 331 Å². The molecule has 2 bridgehead atoms. The van der Waals surface area contributed by atoms with Crippen molar-refractivity contribution < 1.29 is 38.5 Å². The third kappa shape index (κ3) is 7.77. The molecule has 2 aromatic carbocycles. The summed E-state index contributed by atoms with van der Waals surface area (Å²) in [5.74, 6) is -4.32. The van der Waals surface area contributed by atoms with Crippen LogP contribution in [0.4, 0.5) is 5.69 Å². The number of methoxy groups -OCH3 is 1. The van der Waals surface area contributed by atoms with Gasteiger partial charge in [0, 0.05) is 24.9 Å². The molecule has 54 heavy (non-hydrogen) atoms. The van der Waals surface area contributed by atoms with E-state index in [1.165, 1.54) is 16.9 Å². The fourth-order valence-corrected chi connectivity index (χ4v) is 9.71. The molecule has 0 aromatic heterocycles. The maximum Gasteiger partial charge on any atom is 0.313 e. The van der Waals surface area contributed by atoms with Crippen LogP contribution in [0.5, 0.6) is 0 Å². The van der Waals surface area contributed by atoms with Gasteiger partial charge in [-0.1, -0.05) is 102 Å². The summed E-state index contributed by atoms with van der Waals surface area (Å²) in [5, 5.41) is 14.2. The molecule has 5 rings (SSSR count). The zero-order valence-corrected chi connectivity index (χ0v) is 33.6. The van der Waals surface area contributed by atoms with E-state index in [4.69, 9.17) is 25.8 Å². The molecule has 3 fully saturated rings. The topological polar surface area (TPSA) is 135 Å². The van der Waals surface area contributed by atoms with Crippen LogP contribution in [0.15, 0.2) is 73.8 Å². The second-order valence-electron chi connectivity index (χ2n) is 14.4. The van der Waals surface area contributed by atoms with E-state index in [9.17, 15) is 14.7 Å². The van der Waals surface area contributed by atoms with Gasteiger partial charge in [0.1, 0.15) is 17.7 Å². The molecule has 2 N–H and O–H groups in total. The minimum absolute atomic E-state index is 0.0304. The summed E-state index contributed by atoms with van der Waals surface area (Å²) in [4.78, 5) is 60.5. The molecule has 11 nitrogen and oxygen atoms in total. The van der Waals surface area contributed by atoms with E-state index in [0.717, 1.165) is 5.56 Å². The van der Waals surface area contributed by atoms with Crippen LogP contribution in [0.3, 0.4) is 0 Å². The van der Waals surface area contributed by atoms with Gasteiger partial charge in [-0.05, 0) is 42.9 Å². The molecule has 0 saturated carbocycles. The first-order valence-corrected chi connectivity index (χ1v) is 19.8. The number of esters is 1. The van der Waals surface area contributed by atoms with E-state index >= 15 is 9.59 Å². The van der Waals surface area contributed by atoms with Crippen LogP contribution in [0, 0.1) is 24.7 Å². The lowest BCUT2D eigenvalue weighted by molar-refractivity contribution is -0.163. The Kier molecular flexibility index (Phi) is 13.8. The van der Waals surface area contributed by atoms with Gasteiger partial charge in [0.05, 0.1) is 53.9 Å². The van der Waals surface area contributed by atoms with Crippen LogP contribution in [-0.4, -0.2) is 95.2 Å². The summed E-state index contributed by atoms with van der Waals surface area (Å²) in [6.07, 6.45) is 2.95. The second kappa shape index (κ2) is 17.9. The second-order valence-corrected chi connectivity index (χ2v) is 16.0. The predicted molar refractivity (Wildman–Crippen MR) is 210 cm³/mol. The van der Waals surface area contributed by atoms with Crippen molar-refractivity contribution in [2.24, 2.45) is 17.8 Å². The number of carbonyl (C=O) groups excluding carboxylic acids is 4. The molecular formula is C41H51BrClN3O8. The number of hydrogen-bond acceptors (Lipinski definition) is 8. The minimum Gasteiger partial charge on any atom is -0.455 e. The number of carbonyl (C=O) groups is 4. The van der Waals surface area contributed by atoms with Gasteiger partial charge in [0.2, 0.25) is 11.8 Å². The van der Waals surface area contributed by atoms with E-state index in [-0.39, 0.29) is 37.8 Å². The number of allylic oxidation sites excluding steroid dienone is 1. The Hall–Kier alpha value is -3.55. The summed E-state index contributed by atoms with van der Waals surface area (Å²) < 4.78 is 18.7. The van der Waals surface area contributed by atoms with Crippen LogP contribution in [0.1, 0.15) is 56.8 Å². The average molecular weight is 829 g/mol. The molecule has 1 unspecified atom stereocenters. The Morgan fingerprint density at radius 1 is 1.19 bits per heavy atom. The first-order chi connectivity index (χ1) is 25.9. The smallest absolute Gasteiger partial charge is 0.313 e. The Morgan fingerprint density at radius 3 is 2.52 bits per heavy atom. The standard InChI is InChI=1S/C41H51BrClN3O8/c1-7-10-19-31(48)44-29(23-52-6)35(26-16-12-11-13-17-26)53-40(51)32-33-38(49)46(30(22-47)24(4)9-3)37(41(33)21-27(42)36(32)54-41)39(50)45(20-8-2)34-25(5)15-14-18-28(34)43/h7-8,11-18,24,27,29-30,32-33,35-37,47H,1-2,9-10,19-23H2,3-6H3,(H,44,48)/t24-,27?,29+,30-,32+,33-,35+,36+,37+,41-/m0/s1. The number of nitrogens with zero attached hydrogens (tertiary/aromatic N) is 2. The molecule has 3 aliphatic heterocycles. The van der Waals surface area contributed by atoms with Crippen molar-refractivity contribution in [1.82, 2.24) is 10.2 Å². The first-order valence-electron chi connectivity index (χ1n) is 18.5. The highest BCUT2D eigenvalue weighted by Crippen LogP contribution is 2.61. The number of aryl methyl sites for hydroxylation is 1. The van der Waals surface area contributed by atoms with Crippen molar-refractivity contribution in [3.63, 3.8) is 0 Å². The highest BCUT2D eigenvalue weighted by molar-refractivity contribution is 9.09. The molecule has 2 aromatic rings. The SMILES string of the molecule is C=CCCC(=O)N[C@H](COC)[C@H](OC(=O)[C@H]1[C@@H]2O[C@@]3(CC2Br)[C@@H]1C(=O)N([C@@H](CO)[C@@H](C)CC)[C@@H]3C(=O)N(CC=C)c1c(C)cccc1Cl)c1ccccc1. The lowest BCUT2D eigenvalue weighted by Crippen LogP contribution is -2.60. The van der Waals surface area contributed by atoms with E-state index in [2.05, 4.69) is 34.4 Å². The van der Waals surface area contributed by atoms with E-state index in [1.54, 1.807) is 48.6 Å². The van der Waals surface area contributed by atoms with Gasteiger partial charge >= 0.3 is 5.97 Å². The van der Waals surface area contributed by atoms with Crippen LogP contribution in [0.2, 0.25) is 5.02 Å². The maximum atomic E-state index is 15.2. The molecule has 10 atom stereocenters. The number of para-hydroxylation sites is 1. The summed E-state index contributed by atoms with van der Waals surface area (Å²) in [6.45, 7) is 13.0. The Morgan fingerprint density at radius 2 is 1.91 bits per heavy atom. The van der Waals surface area contributed by atoms with Crippen molar-refractivity contribution in [2.45, 2.75) is 87.2 Å². The molecule has 1 spiro atoms. The number of halogens is 2. The normalized spacial score (nSPS) is 26.4. The molecule has 13 heteroatoms. The number of ether oxygens (including phenoxy) is 3. The van der Waals surface area contributed by atoms with E-state index in [0.29, 0.717) is 29.1 Å². The van der Waals surface area contributed by atoms with Gasteiger partial charge in [-0.2, -0.15) is 0 Å². The quantitative estimate of drug-likeness (QED) is 0.111. The third-order valence-corrected chi connectivity index (χ3v) is 12.3. The van der Waals surface area contributed by atoms with Crippen molar-refractivity contribution in [2.75, 3.05) is 31.8 Å². The third-order valence-electron chi connectivity index (χ3n) is 11.1. The number of benzene rings is 2. The van der Waals surface area contributed by atoms with Crippen molar-refractivity contribution in [3.05, 3.63) is 90.0 Å². The lowest BCUT2D eigenvalue weighted by atomic mass is 9.70. The molecule has 0 radical (unpaired) electrons. The van der Waals surface area contributed by atoms with Gasteiger partial charge in [-0.3, -0.25) is 19.2 Å². The number of fused-ring (bicyclic) bond motifs is 1. The summed E-state index contributed by atoms with van der Waals surface area (Å²) >= 11 is 10.5. The van der Waals surface area contributed by atoms with E-state index < -0.39 is 77.0 Å². The Balaban J connectivity index is 1.60. The molecule has 3 heterocycles. The van der Waals surface area contributed by atoms with E-state index in [1.807, 2.05) is 32.9 Å². The van der Waals surface area contributed by atoms with Crippen molar-refractivity contribution >= 4 is 56.9 Å². The number of rotatable bonds is 18. The van der Waals surface area contributed by atoms with Gasteiger partial charge < -0.3 is 34.4 Å². The number of alkyl halides is 1. The van der Waals surface area contributed by atoms with Gasteiger partial charge in [0.25, 0.3) is 5.91 Å². The highest BCUT2D eigenvalue weighted by atomic mass is 79.9. The molecule has 3 amide bonds. The zero-order chi connectivity index (χ0) is 39.3. The number of anilines is 1. The summed E-state index contributed by atoms with van der Waals surface area (Å²) in [5.41, 5.74) is 0.392. The van der Waals surface area contributed by atoms with Gasteiger partial charge in [-0.15, -0.1) is 13.2 Å². The Bertz CT molecular complexity index is 1690. The number of likely N-dealkylation sites (tertiary alicyclic amines) is 1. The highest BCUT2D eigenvalue weighted by Gasteiger charge is 2.78. The van der Waals surface area contributed by atoms with Gasteiger partial charge in [-0.25, -0.2) is 0 Å². The monoisotopic (exact) mass is 827 g/mol. The largest absolute Gasteiger partial charge is 0.455 e.